The second-order valence-electron chi connectivity index (χ2n) is 5.69. The number of carbonyl (C=O) groups excluding carboxylic acids is 2. The van der Waals surface area contributed by atoms with Crippen LogP contribution < -0.4 is 15.0 Å². The van der Waals surface area contributed by atoms with Crippen molar-refractivity contribution in [2.45, 2.75) is 23.1 Å². The first-order chi connectivity index (χ1) is 12.9. The number of thioether (sulfide) groups is 1. The number of anilines is 2. The van der Waals surface area contributed by atoms with Crippen LogP contribution in [0.25, 0.3) is 0 Å². The average molecular weight is 413 g/mol. The number of alkyl halides is 2. The van der Waals surface area contributed by atoms with Gasteiger partial charge in [0, 0.05) is 10.6 Å². The van der Waals surface area contributed by atoms with Crippen molar-refractivity contribution in [3.63, 3.8) is 0 Å². The molecule has 2 amide bonds. The van der Waals surface area contributed by atoms with Gasteiger partial charge < -0.3 is 10.1 Å². The van der Waals surface area contributed by atoms with Gasteiger partial charge in [-0.05, 0) is 42.5 Å². The lowest BCUT2D eigenvalue weighted by Crippen LogP contribution is -2.34. The minimum atomic E-state index is -2.53. The topological polar surface area (TPSA) is 58.6 Å². The van der Waals surface area contributed by atoms with E-state index in [1.807, 2.05) is 0 Å². The molecule has 1 N–H and O–H groups in total. The van der Waals surface area contributed by atoms with Gasteiger partial charge in [-0.15, -0.1) is 0 Å². The highest BCUT2D eigenvalue weighted by Crippen LogP contribution is 2.31. The highest BCUT2D eigenvalue weighted by atomic mass is 35.5. The first kappa shape index (κ1) is 19.4. The van der Waals surface area contributed by atoms with Gasteiger partial charge in [0.15, 0.2) is 0 Å². The monoisotopic (exact) mass is 412 g/mol. The molecule has 0 spiro atoms. The normalized spacial score (nSPS) is 16.9. The van der Waals surface area contributed by atoms with Crippen LogP contribution in [0, 0.1) is 0 Å². The molecule has 0 saturated carbocycles. The summed E-state index contributed by atoms with van der Waals surface area (Å²) >= 11 is 6.47. The SMILES string of the molecule is COc1ccc(N[C@@H]2CC(=O)N(c3ccc(SC(F)F)cc3)C2=O)cc1Cl. The van der Waals surface area contributed by atoms with Crippen molar-refractivity contribution < 1.29 is 23.1 Å². The number of imide groups is 1. The minimum Gasteiger partial charge on any atom is -0.495 e. The number of amides is 2. The molecule has 1 atom stereocenters. The fourth-order valence-electron chi connectivity index (χ4n) is 2.75. The second kappa shape index (κ2) is 8.14. The van der Waals surface area contributed by atoms with E-state index in [0.29, 0.717) is 38.8 Å². The second-order valence-corrected chi connectivity index (χ2v) is 7.16. The van der Waals surface area contributed by atoms with Gasteiger partial charge in [-0.25, -0.2) is 4.90 Å². The molecule has 3 rings (SSSR count). The van der Waals surface area contributed by atoms with Gasteiger partial charge >= 0.3 is 0 Å². The van der Waals surface area contributed by atoms with Crippen LogP contribution in [-0.2, 0) is 9.59 Å². The third-order valence-electron chi connectivity index (χ3n) is 3.96. The summed E-state index contributed by atoms with van der Waals surface area (Å²) in [6.45, 7) is 0. The van der Waals surface area contributed by atoms with E-state index < -0.39 is 17.7 Å². The molecular weight excluding hydrogens is 398 g/mol. The number of carbonyl (C=O) groups is 2. The van der Waals surface area contributed by atoms with Crippen molar-refractivity contribution in [1.29, 1.82) is 0 Å². The maximum Gasteiger partial charge on any atom is 0.288 e. The Balaban J connectivity index is 1.74. The maximum atomic E-state index is 12.7. The predicted molar refractivity (Wildman–Crippen MR) is 101 cm³/mol. The molecule has 9 heteroatoms. The molecule has 27 heavy (non-hydrogen) atoms. The van der Waals surface area contributed by atoms with Crippen LogP contribution in [-0.4, -0.2) is 30.7 Å². The van der Waals surface area contributed by atoms with Gasteiger partial charge in [-0.3, -0.25) is 9.59 Å². The molecule has 5 nitrogen and oxygen atoms in total. The number of hydrogen-bond donors (Lipinski definition) is 1. The standard InChI is InChI=1S/C18H15ClF2N2O3S/c1-26-15-7-2-10(8-13(15)19)22-14-9-16(24)23(17(14)25)11-3-5-12(6-4-11)27-18(20)21/h2-8,14,18,22H,9H2,1H3/t14-/m1/s1. The number of hydrogen-bond acceptors (Lipinski definition) is 5. The lowest BCUT2D eigenvalue weighted by molar-refractivity contribution is -0.121. The number of nitrogens with zero attached hydrogens (tertiary/aromatic N) is 1. The van der Waals surface area contributed by atoms with E-state index in [1.165, 1.54) is 31.4 Å². The Morgan fingerprint density at radius 2 is 1.93 bits per heavy atom. The molecule has 1 fully saturated rings. The summed E-state index contributed by atoms with van der Waals surface area (Å²) in [6.07, 6.45) is -0.0178. The number of rotatable bonds is 6. The van der Waals surface area contributed by atoms with Crippen LogP contribution in [0.15, 0.2) is 47.4 Å². The molecular formula is C18H15ClF2N2O3S. The van der Waals surface area contributed by atoms with E-state index in [9.17, 15) is 18.4 Å². The van der Waals surface area contributed by atoms with E-state index in [0.717, 1.165) is 4.90 Å². The summed E-state index contributed by atoms with van der Waals surface area (Å²) in [4.78, 5) is 26.4. The predicted octanol–water partition coefficient (Wildman–Crippen LogP) is 4.41. The molecule has 0 aromatic heterocycles. The smallest absolute Gasteiger partial charge is 0.288 e. The fourth-order valence-corrected chi connectivity index (χ4v) is 3.51. The third-order valence-corrected chi connectivity index (χ3v) is 4.98. The van der Waals surface area contributed by atoms with Gasteiger partial charge in [-0.2, -0.15) is 8.78 Å². The van der Waals surface area contributed by atoms with Crippen LogP contribution in [0.4, 0.5) is 20.2 Å². The van der Waals surface area contributed by atoms with Crippen molar-refractivity contribution in [3.05, 3.63) is 47.5 Å². The highest BCUT2D eigenvalue weighted by molar-refractivity contribution is 7.99. The molecule has 0 aliphatic carbocycles. The van der Waals surface area contributed by atoms with Crippen molar-refractivity contribution in [2.24, 2.45) is 0 Å². The summed E-state index contributed by atoms with van der Waals surface area (Å²) in [7, 11) is 1.50. The quantitative estimate of drug-likeness (QED) is 0.562. The zero-order valence-corrected chi connectivity index (χ0v) is 15.7. The van der Waals surface area contributed by atoms with Crippen LogP contribution in [0.1, 0.15) is 6.42 Å². The summed E-state index contributed by atoms with van der Waals surface area (Å²) in [5, 5.41) is 3.37. The lowest BCUT2D eigenvalue weighted by Gasteiger charge is -2.17. The highest BCUT2D eigenvalue weighted by Gasteiger charge is 2.39. The first-order valence-electron chi connectivity index (χ1n) is 7.91. The van der Waals surface area contributed by atoms with E-state index >= 15 is 0 Å². The third kappa shape index (κ3) is 4.33. The Morgan fingerprint density at radius 3 is 2.52 bits per heavy atom. The molecule has 0 bridgehead atoms. The van der Waals surface area contributed by atoms with Crippen LogP contribution >= 0.6 is 23.4 Å². The van der Waals surface area contributed by atoms with Gasteiger partial charge in [0.25, 0.3) is 11.7 Å². The average Bonchev–Trinajstić information content (AvgIpc) is 2.89. The molecule has 2 aromatic carbocycles. The zero-order valence-electron chi connectivity index (χ0n) is 14.1. The largest absolute Gasteiger partial charge is 0.495 e. The Bertz CT molecular complexity index is 864. The Labute approximate surface area is 163 Å². The summed E-state index contributed by atoms with van der Waals surface area (Å²) in [5.41, 5.74) is 0.929. The van der Waals surface area contributed by atoms with Gasteiger partial charge in [0.2, 0.25) is 5.91 Å². The maximum absolute atomic E-state index is 12.7. The molecule has 142 valence electrons. The van der Waals surface area contributed by atoms with Crippen LogP contribution in [0.3, 0.4) is 0 Å². The van der Waals surface area contributed by atoms with Crippen molar-refractivity contribution in [1.82, 2.24) is 0 Å². The molecule has 2 aromatic rings. The molecule has 1 aliphatic rings. The number of ether oxygens (including phenoxy) is 1. The molecule has 1 saturated heterocycles. The van der Waals surface area contributed by atoms with E-state index in [1.54, 1.807) is 18.2 Å². The van der Waals surface area contributed by atoms with Crippen molar-refractivity contribution >= 4 is 46.6 Å². The van der Waals surface area contributed by atoms with E-state index in [2.05, 4.69) is 5.32 Å². The van der Waals surface area contributed by atoms with Gasteiger partial charge in [-0.1, -0.05) is 23.4 Å². The number of nitrogens with one attached hydrogen (secondary N) is 1. The van der Waals surface area contributed by atoms with E-state index in [4.69, 9.17) is 16.3 Å². The van der Waals surface area contributed by atoms with Gasteiger partial charge in [0.1, 0.15) is 11.8 Å². The molecule has 1 aliphatic heterocycles. The van der Waals surface area contributed by atoms with E-state index in [-0.39, 0.29) is 12.3 Å². The van der Waals surface area contributed by atoms with Crippen LogP contribution in [0.2, 0.25) is 5.02 Å². The Hall–Kier alpha value is -2.32. The van der Waals surface area contributed by atoms with Crippen molar-refractivity contribution in [3.8, 4) is 5.75 Å². The first-order valence-corrected chi connectivity index (χ1v) is 9.16. The molecule has 0 unspecified atom stereocenters. The molecule has 1 heterocycles. The lowest BCUT2D eigenvalue weighted by atomic mass is 10.2. The number of halogens is 3. The summed E-state index contributed by atoms with van der Waals surface area (Å²) < 4.78 is 29.9. The fraction of sp³-hybridized carbons (Fsp3) is 0.222. The number of methoxy groups -OCH3 is 1. The van der Waals surface area contributed by atoms with Crippen LogP contribution in [0.5, 0.6) is 5.75 Å². The summed E-state index contributed by atoms with van der Waals surface area (Å²) in [6, 6.07) is 10.1. The van der Waals surface area contributed by atoms with Crippen molar-refractivity contribution in [2.75, 3.05) is 17.3 Å². The molecule has 0 radical (unpaired) electrons. The van der Waals surface area contributed by atoms with Gasteiger partial charge in [0.05, 0.1) is 24.2 Å². The Morgan fingerprint density at radius 1 is 1.22 bits per heavy atom. The minimum absolute atomic E-state index is 0.0178. The number of benzene rings is 2. The Kier molecular flexibility index (Phi) is 5.86. The summed E-state index contributed by atoms with van der Waals surface area (Å²) in [5.74, 6) is -2.82. The zero-order chi connectivity index (χ0) is 19.6.